The van der Waals surface area contributed by atoms with E-state index in [2.05, 4.69) is 14.7 Å². The molecule has 25 heavy (non-hydrogen) atoms. The van der Waals surface area contributed by atoms with Gasteiger partial charge in [0.2, 0.25) is 5.82 Å². The van der Waals surface area contributed by atoms with Crippen LogP contribution in [0.5, 0.6) is 0 Å². The Morgan fingerprint density at radius 3 is 2.60 bits per heavy atom. The molecular weight excluding hydrogens is 335 g/mol. The first kappa shape index (κ1) is 16.1. The van der Waals surface area contributed by atoms with E-state index in [0.29, 0.717) is 17.7 Å². The fraction of sp³-hybridized carbons (Fsp3) is 0.471. The van der Waals surface area contributed by atoms with Crippen LogP contribution in [0.3, 0.4) is 0 Å². The molecule has 132 valence electrons. The average molecular weight is 351 g/mol. The van der Waals surface area contributed by atoms with Crippen LogP contribution < -0.4 is 0 Å². The molecule has 0 atom stereocenters. The number of nitrogens with zero attached hydrogens (tertiary/aromatic N) is 3. The number of hydrogen-bond acceptors (Lipinski definition) is 4. The Balaban J connectivity index is 1.61. The first-order chi connectivity index (χ1) is 11.9. The molecule has 2 aromatic rings. The van der Waals surface area contributed by atoms with Crippen LogP contribution in [-0.2, 0) is 12.7 Å². The molecule has 8 heteroatoms. The Hall–Kier alpha value is -2.38. The number of carbonyl (C=O) groups is 1. The Morgan fingerprint density at radius 1 is 1.16 bits per heavy atom. The number of aromatic nitrogens is 2. The monoisotopic (exact) mass is 351 g/mol. The molecule has 1 aromatic carbocycles. The molecule has 5 nitrogen and oxygen atoms in total. The number of halogens is 3. The number of carbonyl (C=O) groups excluding carboxylic acids is 1. The Bertz CT molecular complexity index is 810. The minimum Gasteiger partial charge on any atom is -0.331 e. The zero-order chi connectivity index (χ0) is 17.6. The van der Waals surface area contributed by atoms with Gasteiger partial charge in [-0.3, -0.25) is 4.79 Å². The van der Waals surface area contributed by atoms with Crippen molar-refractivity contribution < 1.29 is 22.5 Å². The van der Waals surface area contributed by atoms with Crippen LogP contribution in [0, 0.1) is 0 Å². The summed E-state index contributed by atoms with van der Waals surface area (Å²) in [5.41, 5.74) is 1.75. The van der Waals surface area contributed by atoms with Crippen molar-refractivity contribution in [2.75, 3.05) is 0 Å². The predicted molar refractivity (Wildman–Crippen MR) is 81.5 cm³/mol. The highest BCUT2D eigenvalue weighted by molar-refractivity contribution is 5.99. The summed E-state index contributed by atoms with van der Waals surface area (Å²) in [5.74, 6) is -1.62. The largest absolute Gasteiger partial charge is 0.471 e. The highest BCUT2D eigenvalue weighted by Crippen LogP contribution is 2.34. The van der Waals surface area contributed by atoms with Crippen LogP contribution in [0.15, 0.2) is 22.7 Å². The van der Waals surface area contributed by atoms with Crippen molar-refractivity contribution in [2.45, 2.75) is 50.9 Å². The summed E-state index contributed by atoms with van der Waals surface area (Å²) in [6.07, 6.45) is 0.779. The van der Waals surface area contributed by atoms with Crippen LogP contribution >= 0.6 is 0 Å². The molecule has 0 radical (unpaired) electrons. The van der Waals surface area contributed by atoms with Gasteiger partial charge in [-0.1, -0.05) is 36.6 Å². The first-order valence-electron chi connectivity index (χ1n) is 8.28. The third kappa shape index (κ3) is 2.89. The summed E-state index contributed by atoms with van der Waals surface area (Å²) in [5, 5.41) is 3.38. The number of fused-ring (bicyclic) bond motifs is 1. The fourth-order valence-electron chi connectivity index (χ4n) is 3.61. The molecule has 0 N–H and O–H groups in total. The van der Waals surface area contributed by atoms with Gasteiger partial charge < -0.3 is 9.42 Å². The van der Waals surface area contributed by atoms with E-state index in [0.717, 1.165) is 31.2 Å². The van der Waals surface area contributed by atoms with E-state index in [9.17, 15) is 18.0 Å². The Kier molecular flexibility index (Phi) is 3.77. The van der Waals surface area contributed by atoms with E-state index in [-0.39, 0.29) is 17.8 Å². The van der Waals surface area contributed by atoms with E-state index in [1.807, 2.05) is 4.90 Å². The number of amides is 1. The number of rotatable bonds is 2. The van der Waals surface area contributed by atoms with Crippen LogP contribution in [0.1, 0.15) is 53.9 Å². The molecule has 1 saturated carbocycles. The number of hydrogen-bond donors (Lipinski definition) is 0. The van der Waals surface area contributed by atoms with Crippen LogP contribution in [0.4, 0.5) is 13.2 Å². The van der Waals surface area contributed by atoms with Gasteiger partial charge in [-0.2, -0.15) is 18.2 Å². The quantitative estimate of drug-likeness (QED) is 0.819. The topological polar surface area (TPSA) is 59.2 Å². The second kappa shape index (κ2) is 5.86. The molecular formula is C17H16F3N3O2. The van der Waals surface area contributed by atoms with Gasteiger partial charge in [0.25, 0.3) is 5.91 Å². The molecule has 4 rings (SSSR count). The normalized spacial score (nSPS) is 18.7. The third-order valence-corrected chi connectivity index (χ3v) is 4.88. The average Bonchev–Trinajstić information content (AvgIpc) is 3.21. The summed E-state index contributed by atoms with van der Waals surface area (Å²) in [6.45, 7) is 0.555. The SMILES string of the molecule is O=C1c2cc(-c3noc(C(F)(F)F)n3)ccc2CN1C1CCCCC1. The second-order valence-corrected chi connectivity index (χ2v) is 6.52. The van der Waals surface area contributed by atoms with Crippen LogP contribution in [0.25, 0.3) is 11.4 Å². The lowest BCUT2D eigenvalue weighted by atomic mass is 9.94. The van der Waals surface area contributed by atoms with E-state index in [1.54, 1.807) is 18.2 Å². The summed E-state index contributed by atoms with van der Waals surface area (Å²) in [4.78, 5) is 18.0. The van der Waals surface area contributed by atoms with E-state index in [4.69, 9.17) is 0 Å². The van der Waals surface area contributed by atoms with Crippen LogP contribution in [-0.4, -0.2) is 27.0 Å². The van der Waals surface area contributed by atoms with Crippen molar-refractivity contribution in [1.82, 2.24) is 15.0 Å². The molecule has 1 fully saturated rings. The Labute approximate surface area is 141 Å². The van der Waals surface area contributed by atoms with Crippen molar-refractivity contribution in [3.8, 4) is 11.4 Å². The van der Waals surface area contributed by atoms with Crippen molar-refractivity contribution in [3.05, 3.63) is 35.2 Å². The third-order valence-electron chi connectivity index (χ3n) is 4.88. The van der Waals surface area contributed by atoms with Crippen molar-refractivity contribution in [2.24, 2.45) is 0 Å². The highest BCUT2D eigenvalue weighted by Gasteiger charge is 2.39. The molecule has 1 aliphatic heterocycles. The molecule has 0 spiro atoms. The first-order valence-corrected chi connectivity index (χ1v) is 8.28. The van der Waals surface area contributed by atoms with Gasteiger partial charge >= 0.3 is 12.1 Å². The van der Waals surface area contributed by atoms with Crippen molar-refractivity contribution in [3.63, 3.8) is 0 Å². The highest BCUT2D eigenvalue weighted by atomic mass is 19.4. The van der Waals surface area contributed by atoms with Gasteiger partial charge in [0, 0.05) is 23.7 Å². The lowest BCUT2D eigenvalue weighted by Gasteiger charge is -2.30. The summed E-state index contributed by atoms with van der Waals surface area (Å²) < 4.78 is 42.1. The van der Waals surface area contributed by atoms with E-state index < -0.39 is 12.1 Å². The van der Waals surface area contributed by atoms with Crippen molar-refractivity contribution in [1.29, 1.82) is 0 Å². The molecule has 2 heterocycles. The van der Waals surface area contributed by atoms with Crippen LogP contribution in [0.2, 0.25) is 0 Å². The molecule has 0 unspecified atom stereocenters. The lowest BCUT2D eigenvalue weighted by molar-refractivity contribution is -0.159. The molecule has 0 saturated heterocycles. The predicted octanol–water partition coefficient (Wildman–Crippen LogP) is 4.04. The number of benzene rings is 1. The van der Waals surface area contributed by atoms with Gasteiger partial charge in [-0.15, -0.1) is 0 Å². The molecule has 2 aliphatic rings. The molecule has 0 bridgehead atoms. The van der Waals surface area contributed by atoms with E-state index >= 15 is 0 Å². The molecule has 1 aromatic heterocycles. The maximum atomic E-state index is 12.7. The van der Waals surface area contributed by atoms with Crippen molar-refractivity contribution >= 4 is 5.91 Å². The molecule has 1 aliphatic carbocycles. The van der Waals surface area contributed by atoms with Gasteiger partial charge in [0.1, 0.15) is 0 Å². The van der Waals surface area contributed by atoms with Gasteiger partial charge in [0.05, 0.1) is 0 Å². The number of alkyl halides is 3. The standard InChI is InChI=1S/C17H16F3N3O2/c18-17(19,20)16-21-14(22-25-16)10-6-7-11-9-23(15(24)13(11)8-10)12-4-2-1-3-5-12/h6-8,12H,1-5,9H2. The maximum Gasteiger partial charge on any atom is 0.471 e. The van der Waals surface area contributed by atoms with Gasteiger partial charge in [0.15, 0.2) is 0 Å². The van der Waals surface area contributed by atoms with Gasteiger partial charge in [-0.05, 0) is 24.5 Å². The summed E-state index contributed by atoms with van der Waals surface area (Å²) in [6, 6.07) is 5.20. The Morgan fingerprint density at radius 2 is 1.92 bits per heavy atom. The smallest absolute Gasteiger partial charge is 0.331 e. The lowest BCUT2D eigenvalue weighted by Crippen LogP contribution is -2.36. The molecule has 1 amide bonds. The van der Waals surface area contributed by atoms with E-state index in [1.165, 1.54) is 6.42 Å². The summed E-state index contributed by atoms with van der Waals surface area (Å²) in [7, 11) is 0. The second-order valence-electron chi connectivity index (χ2n) is 6.52. The minimum atomic E-state index is -4.68. The summed E-state index contributed by atoms with van der Waals surface area (Å²) >= 11 is 0. The van der Waals surface area contributed by atoms with Gasteiger partial charge in [-0.25, -0.2) is 0 Å². The minimum absolute atomic E-state index is 0.0664. The zero-order valence-corrected chi connectivity index (χ0v) is 13.3. The zero-order valence-electron chi connectivity index (χ0n) is 13.3. The fourth-order valence-corrected chi connectivity index (χ4v) is 3.61. The maximum absolute atomic E-state index is 12.7.